The summed E-state index contributed by atoms with van der Waals surface area (Å²) in [6.45, 7) is 7.82. The Morgan fingerprint density at radius 1 is 1.00 bits per heavy atom. The Kier molecular flexibility index (Phi) is 12.5. The zero-order valence-electron chi connectivity index (χ0n) is 23.4. The van der Waals surface area contributed by atoms with E-state index < -0.39 is 21.9 Å². The molecule has 3 rings (SSSR count). The second kappa shape index (κ2) is 15.5. The van der Waals surface area contributed by atoms with Crippen LogP contribution in [0.4, 0.5) is 5.69 Å². The Morgan fingerprint density at radius 3 is 2.59 bits per heavy atom. The summed E-state index contributed by atoms with van der Waals surface area (Å²) in [5, 5.41) is 13.9. The Bertz CT molecular complexity index is 1120. The van der Waals surface area contributed by atoms with Crippen molar-refractivity contribution in [2.24, 2.45) is 0 Å². The molecule has 0 unspecified atom stereocenters. The summed E-state index contributed by atoms with van der Waals surface area (Å²) in [5.74, 6) is 0.202. The van der Waals surface area contributed by atoms with Gasteiger partial charge in [0, 0.05) is 38.2 Å². The highest BCUT2D eigenvalue weighted by Crippen LogP contribution is 2.32. The molecular formula is C29H44N2O7S. The molecule has 1 atom stereocenters. The molecule has 2 aromatic rings. The number of fused-ring (bicyclic) bond motifs is 1. The molecule has 1 heterocycles. The van der Waals surface area contributed by atoms with Gasteiger partial charge >= 0.3 is 0 Å². The lowest BCUT2D eigenvalue weighted by molar-refractivity contribution is -0.180. The number of hydrogen-bond acceptors (Lipinski definition) is 8. The van der Waals surface area contributed by atoms with Gasteiger partial charge in [0.25, 0.3) is 0 Å². The first-order chi connectivity index (χ1) is 18.6. The fourth-order valence-electron chi connectivity index (χ4n) is 4.25. The Hall–Kier alpha value is -2.21. The van der Waals surface area contributed by atoms with E-state index in [0.29, 0.717) is 38.7 Å². The molecule has 0 saturated carbocycles. The van der Waals surface area contributed by atoms with Gasteiger partial charge in [-0.25, -0.2) is 8.42 Å². The van der Waals surface area contributed by atoms with E-state index in [9.17, 15) is 13.5 Å². The minimum absolute atomic E-state index is 0.406. The van der Waals surface area contributed by atoms with Gasteiger partial charge in [-0.15, -0.1) is 0 Å². The van der Waals surface area contributed by atoms with Crippen molar-refractivity contribution in [3.8, 4) is 5.75 Å². The number of anilines is 1. The van der Waals surface area contributed by atoms with Gasteiger partial charge in [-0.05, 0) is 54.8 Å². The Morgan fingerprint density at radius 2 is 1.77 bits per heavy atom. The number of sulfonamides is 1. The first-order valence-electron chi connectivity index (χ1n) is 13.7. The van der Waals surface area contributed by atoms with E-state index >= 15 is 0 Å². The molecule has 0 amide bonds. The first-order valence-corrected chi connectivity index (χ1v) is 15.6. The zero-order valence-corrected chi connectivity index (χ0v) is 24.2. The largest absolute Gasteiger partial charge is 0.463 e. The molecule has 10 heteroatoms. The summed E-state index contributed by atoms with van der Waals surface area (Å²) in [6.07, 6.45) is 6.08. The van der Waals surface area contributed by atoms with Gasteiger partial charge in [-0.3, -0.25) is 4.72 Å². The molecule has 3 N–H and O–H groups in total. The molecule has 0 radical (unpaired) electrons. The minimum atomic E-state index is -3.29. The van der Waals surface area contributed by atoms with Gasteiger partial charge in [0.15, 0.2) is 0 Å². The summed E-state index contributed by atoms with van der Waals surface area (Å²) in [4.78, 5) is 0. The van der Waals surface area contributed by atoms with E-state index in [1.54, 1.807) is 18.2 Å². The molecule has 1 aliphatic rings. The number of unbranched alkanes of at least 4 members (excludes halogenated alkanes) is 4. The van der Waals surface area contributed by atoms with Crippen LogP contribution < -0.4 is 14.8 Å². The van der Waals surface area contributed by atoms with E-state index in [1.807, 2.05) is 38.1 Å². The van der Waals surface area contributed by atoms with Gasteiger partial charge in [0.05, 0.1) is 38.8 Å². The highest BCUT2D eigenvalue weighted by Gasteiger charge is 2.27. The molecule has 218 valence electrons. The summed E-state index contributed by atoms with van der Waals surface area (Å²) in [6, 6.07) is 13.0. The lowest BCUT2D eigenvalue weighted by atomic mass is 10.0. The van der Waals surface area contributed by atoms with E-state index in [0.717, 1.165) is 74.0 Å². The lowest BCUT2D eigenvalue weighted by Gasteiger charge is -2.33. The van der Waals surface area contributed by atoms with Crippen LogP contribution in [0.2, 0.25) is 0 Å². The number of ether oxygens (including phenoxy) is 4. The predicted octanol–water partition coefficient (Wildman–Crippen LogP) is 4.51. The SMILES string of the molecule is CC1(C)OCc2cc([C@H](O)CNCCCCCCCOCCOCc3cccc(NS(C)(=O)=O)c3)ccc2O1. The maximum Gasteiger partial charge on any atom is 0.229 e. The van der Waals surface area contributed by atoms with Crippen LogP contribution in [-0.2, 0) is 37.4 Å². The summed E-state index contributed by atoms with van der Waals surface area (Å²) in [7, 11) is -3.29. The van der Waals surface area contributed by atoms with Crippen molar-refractivity contribution in [1.82, 2.24) is 5.32 Å². The third-order valence-electron chi connectivity index (χ3n) is 6.25. The van der Waals surface area contributed by atoms with Crippen molar-refractivity contribution >= 4 is 15.7 Å². The molecule has 0 aliphatic carbocycles. The highest BCUT2D eigenvalue weighted by molar-refractivity contribution is 7.92. The van der Waals surface area contributed by atoms with Crippen LogP contribution >= 0.6 is 0 Å². The van der Waals surface area contributed by atoms with Crippen molar-refractivity contribution in [1.29, 1.82) is 0 Å². The molecular weight excluding hydrogens is 520 g/mol. The Balaban J connectivity index is 1.13. The zero-order chi connectivity index (χ0) is 28.1. The molecule has 0 spiro atoms. The number of rotatable bonds is 18. The van der Waals surface area contributed by atoms with Crippen LogP contribution in [-0.4, -0.2) is 58.5 Å². The van der Waals surface area contributed by atoms with Crippen LogP contribution in [0.25, 0.3) is 0 Å². The van der Waals surface area contributed by atoms with Crippen LogP contribution in [0.1, 0.15) is 68.7 Å². The van der Waals surface area contributed by atoms with Crippen molar-refractivity contribution in [2.45, 2.75) is 71.1 Å². The summed E-state index contributed by atoms with van der Waals surface area (Å²) >= 11 is 0. The average molecular weight is 565 g/mol. The van der Waals surface area contributed by atoms with Crippen LogP contribution in [0, 0.1) is 0 Å². The van der Waals surface area contributed by atoms with Crippen LogP contribution in [0.3, 0.4) is 0 Å². The maximum absolute atomic E-state index is 11.3. The quantitative estimate of drug-likeness (QED) is 0.227. The minimum Gasteiger partial charge on any atom is -0.463 e. The van der Waals surface area contributed by atoms with Crippen molar-refractivity contribution in [2.75, 3.05) is 43.9 Å². The van der Waals surface area contributed by atoms with Gasteiger partial charge in [0.2, 0.25) is 15.8 Å². The second-order valence-corrected chi connectivity index (χ2v) is 12.1. The molecule has 0 aromatic heterocycles. The van der Waals surface area contributed by atoms with E-state index in [1.165, 1.54) is 0 Å². The van der Waals surface area contributed by atoms with E-state index in [2.05, 4.69) is 10.0 Å². The summed E-state index contributed by atoms with van der Waals surface area (Å²) in [5.41, 5.74) is 3.27. The summed E-state index contributed by atoms with van der Waals surface area (Å²) < 4.78 is 47.9. The van der Waals surface area contributed by atoms with E-state index in [-0.39, 0.29) is 0 Å². The van der Waals surface area contributed by atoms with Gasteiger partial charge in [-0.2, -0.15) is 0 Å². The number of nitrogens with one attached hydrogen (secondary N) is 2. The topological polar surface area (TPSA) is 115 Å². The standard InChI is InChI=1S/C29H44N2O7S/c1-29(2)37-22-25-19-24(12-13-28(25)38-29)27(32)20-30-14-7-5-4-6-8-15-35-16-17-36-21-23-10-9-11-26(18-23)31-39(3,33)34/h9-13,18-19,27,30-32H,4-8,14-17,20-22H2,1-3H3/t27-/m1/s1. The number of aliphatic hydroxyl groups excluding tert-OH is 1. The number of benzene rings is 2. The highest BCUT2D eigenvalue weighted by atomic mass is 32.2. The third-order valence-corrected chi connectivity index (χ3v) is 6.86. The first kappa shape index (κ1) is 31.3. The smallest absolute Gasteiger partial charge is 0.229 e. The fourth-order valence-corrected chi connectivity index (χ4v) is 4.81. The normalized spacial score (nSPS) is 15.4. The van der Waals surface area contributed by atoms with Crippen LogP contribution in [0.5, 0.6) is 5.75 Å². The molecule has 0 bridgehead atoms. The molecule has 2 aromatic carbocycles. The number of hydrogen-bond donors (Lipinski definition) is 3. The molecule has 9 nitrogen and oxygen atoms in total. The van der Waals surface area contributed by atoms with E-state index in [4.69, 9.17) is 18.9 Å². The Labute approximate surface area is 233 Å². The van der Waals surface area contributed by atoms with Crippen molar-refractivity contribution in [3.63, 3.8) is 0 Å². The molecule has 1 aliphatic heterocycles. The third kappa shape index (κ3) is 12.2. The molecule has 39 heavy (non-hydrogen) atoms. The second-order valence-electron chi connectivity index (χ2n) is 10.4. The predicted molar refractivity (Wildman–Crippen MR) is 152 cm³/mol. The molecule has 0 fully saturated rings. The van der Waals surface area contributed by atoms with Crippen LogP contribution in [0.15, 0.2) is 42.5 Å². The fraction of sp³-hybridized carbons (Fsp3) is 0.586. The van der Waals surface area contributed by atoms with Gasteiger partial charge < -0.3 is 29.4 Å². The monoisotopic (exact) mass is 564 g/mol. The van der Waals surface area contributed by atoms with Gasteiger partial charge in [0.1, 0.15) is 5.75 Å². The maximum atomic E-state index is 11.3. The lowest BCUT2D eigenvalue weighted by Crippen LogP contribution is -2.35. The average Bonchev–Trinajstić information content (AvgIpc) is 2.87. The molecule has 0 saturated heterocycles. The van der Waals surface area contributed by atoms with Crippen molar-refractivity contribution in [3.05, 3.63) is 59.2 Å². The van der Waals surface area contributed by atoms with Crippen molar-refractivity contribution < 1.29 is 32.5 Å². The van der Waals surface area contributed by atoms with Gasteiger partial charge in [-0.1, -0.05) is 37.5 Å². The number of aliphatic hydroxyl groups is 1.